The van der Waals surface area contributed by atoms with Crippen molar-refractivity contribution in [2.24, 2.45) is 4.99 Å². The maximum atomic E-state index is 11.1. The largest absolute Gasteiger partial charge is 0.859 e. The van der Waals surface area contributed by atoms with Gasteiger partial charge in [-0.2, -0.15) is 8.42 Å². The van der Waals surface area contributed by atoms with E-state index in [9.17, 15) is 13.5 Å². The smallest absolute Gasteiger partial charge is 0.267 e. The standard InChI is InChI=1S/C8H15NO4S/c1-6(2)7(10)9-8(3,4)5-14(11,12)13/h1,5H2,2-4H3,(H,9,10)(H,11,12,13)/p-1. The Kier molecular flexibility index (Phi) is 3.84. The predicted octanol–water partition coefficient (Wildman–Crippen LogP) is -0.0123. The SMILES string of the molecule is C=C(C)C([O-])=NC(C)(C)CS(=O)(=O)O. The van der Waals surface area contributed by atoms with Crippen LogP contribution in [0.5, 0.6) is 0 Å². The summed E-state index contributed by atoms with van der Waals surface area (Å²) in [4.78, 5) is 3.62. The Hall–Kier alpha value is -0.880. The lowest BCUT2D eigenvalue weighted by molar-refractivity contribution is -0.214. The first-order valence-corrected chi connectivity index (χ1v) is 5.52. The summed E-state index contributed by atoms with van der Waals surface area (Å²) < 4.78 is 29.7. The summed E-state index contributed by atoms with van der Waals surface area (Å²) >= 11 is 0. The first-order chi connectivity index (χ1) is 6.03. The zero-order chi connectivity index (χ0) is 11.6. The summed E-state index contributed by atoms with van der Waals surface area (Å²) in [6, 6.07) is 0. The van der Waals surface area contributed by atoms with Crippen molar-refractivity contribution >= 4 is 16.0 Å². The Morgan fingerprint density at radius 1 is 1.57 bits per heavy atom. The summed E-state index contributed by atoms with van der Waals surface area (Å²) in [7, 11) is -4.13. The molecule has 0 aliphatic heterocycles. The second-order valence-electron chi connectivity index (χ2n) is 3.74. The van der Waals surface area contributed by atoms with Crippen molar-refractivity contribution in [3.8, 4) is 0 Å². The molecule has 0 bridgehead atoms. The molecule has 0 saturated carbocycles. The topological polar surface area (TPSA) is 89.8 Å². The van der Waals surface area contributed by atoms with Crippen molar-refractivity contribution in [1.82, 2.24) is 0 Å². The number of hydrogen-bond donors (Lipinski definition) is 1. The van der Waals surface area contributed by atoms with Crippen molar-refractivity contribution in [3.63, 3.8) is 0 Å². The molecule has 0 aromatic carbocycles. The molecule has 0 unspecified atom stereocenters. The van der Waals surface area contributed by atoms with Crippen molar-refractivity contribution < 1.29 is 18.1 Å². The lowest BCUT2D eigenvalue weighted by Gasteiger charge is -2.22. The van der Waals surface area contributed by atoms with Crippen molar-refractivity contribution in [1.29, 1.82) is 0 Å². The predicted molar refractivity (Wildman–Crippen MR) is 52.7 cm³/mol. The van der Waals surface area contributed by atoms with Gasteiger partial charge in [-0.05, 0) is 32.2 Å². The molecule has 0 aromatic heterocycles. The van der Waals surface area contributed by atoms with Crippen LogP contribution in [0.2, 0.25) is 0 Å². The number of rotatable bonds is 4. The van der Waals surface area contributed by atoms with Crippen LogP contribution in [-0.4, -0.2) is 30.2 Å². The lowest BCUT2D eigenvalue weighted by atomic mass is 10.1. The van der Waals surface area contributed by atoms with E-state index >= 15 is 0 Å². The van der Waals surface area contributed by atoms with Gasteiger partial charge in [0.1, 0.15) is 0 Å². The van der Waals surface area contributed by atoms with E-state index < -0.39 is 27.3 Å². The van der Waals surface area contributed by atoms with E-state index in [2.05, 4.69) is 11.6 Å². The Morgan fingerprint density at radius 2 is 2.00 bits per heavy atom. The van der Waals surface area contributed by atoms with Crippen LogP contribution in [0.3, 0.4) is 0 Å². The molecule has 0 aliphatic rings. The van der Waals surface area contributed by atoms with Crippen LogP contribution >= 0.6 is 0 Å². The van der Waals surface area contributed by atoms with Gasteiger partial charge < -0.3 is 5.11 Å². The molecule has 82 valence electrons. The second kappa shape index (κ2) is 4.10. The molecule has 14 heavy (non-hydrogen) atoms. The molecule has 0 rings (SSSR count). The zero-order valence-corrected chi connectivity index (χ0v) is 9.26. The summed E-state index contributed by atoms with van der Waals surface area (Å²) in [6.07, 6.45) is 0. The second-order valence-corrected chi connectivity index (χ2v) is 5.19. The minimum atomic E-state index is -4.13. The fourth-order valence-electron chi connectivity index (χ4n) is 0.849. The summed E-state index contributed by atoms with van der Waals surface area (Å²) in [5.41, 5.74) is -0.905. The van der Waals surface area contributed by atoms with E-state index in [-0.39, 0.29) is 5.57 Å². The number of aliphatic imine (C=N–C) groups is 1. The van der Waals surface area contributed by atoms with E-state index in [4.69, 9.17) is 4.55 Å². The quantitative estimate of drug-likeness (QED) is 0.410. The molecule has 0 radical (unpaired) electrons. The molecule has 0 fully saturated rings. The monoisotopic (exact) mass is 220 g/mol. The minimum Gasteiger partial charge on any atom is -0.859 e. The Labute approximate surface area is 83.9 Å². The minimum absolute atomic E-state index is 0.230. The molecular formula is C8H14NO4S-. The fourth-order valence-corrected chi connectivity index (χ4v) is 1.81. The van der Waals surface area contributed by atoms with Crippen LogP contribution < -0.4 is 5.11 Å². The molecule has 0 heterocycles. The first-order valence-electron chi connectivity index (χ1n) is 3.91. The first kappa shape index (κ1) is 13.1. The molecule has 0 saturated heterocycles. The third-order valence-corrected chi connectivity index (χ3v) is 2.38. The van der Waals surface area contributed by atoms with Gasteiger partial charge in [0, 0.05) is 0 Å². The highest BCUT2D eigenvalue weighted by Gasteiger charge is 2.23. The average Bonchev–Trinajstić information content (AvgIpc) is 1.78. The van der Waals surface area contributed by atoms with Gasteiger partial charge in [-0.1, -0.05) is 6.58 Å². The van der Waals surface area contributed by atoms with E-state index in [0.717, 1.165) is 0 Å². The van der Waals surface area contributed by atoms with Crippen LogP contribution in [0.1, 0.15) is 20.8 Å². The summed E-state index contributed by atoms with van der Waals surface area (Å²) in [6.45, 7) is 7.75. The Bertz CT molecular complexity index is 354. The normalized spacial score (nSPS) is 14.1. The molecule has 6 heteroatoms. The van der Waals surface area contributed by atoms with Gasteiger partial charge >= 0.3 is 0 Å². The van der Waals surface area contributed by atoms with E-state index in [1.165, 1.54) is 20.8 Å². The van der Waals surface area contributed by atoms with Crippen LogP contribution in [-0.2, 0) is 10.1 Å². The Balaban J connectivity index is 4.82. The van der Waals surface area contributed by atoms with Gasteiger partial charge in [0.2, 0.25) is 0 Å². The molecule has 0 spiro atoms. The fraction of sp³-hybridized carbons (Fsp3) is 0.625. The third-order valence-electron chi connectivity index (χ3n) is 1.30. The highest BCUT2D eigenvalue weighted by molar-refractivity contribution is 7.85. The van der Waals surface area contributed by atoms with Gasteiger partial charge in [-0.15, -0.1) is 0 Å². The third kappa shape index (κ3) is 5.71. The van der Waals surface area contributed by atoms with Crippen LogP contribution in [0, 0.1) is 0 Å². The van der Waals surface area contributed by atoms with Crippen LogP contribution in [0.4, 0.5) is 0 Å². The molecule has 0 amide bonds. The van der Waals surface area contributed by atoms with E-state index in [1.807, 2.05) is 0 Å². The van der Waals surface area contributed by atoms with Crippen LogP contribution in [0.15, 0.2) is 17.1 Å². The average molecular weight is 220 g/mol. The van der Waals surface area contributed by atoms with Crippen molar-refractivity contribution in [3.05, 3.63) is 12.2 Å². The van der Waals surface area contributed by atoms with Crippen molar-refractivity contribution in [2.45, 2.75) is 26.3 Å². The number of nitrogens with zero attached hydrogens (tertiary/aromatic N) is 1. The maximum absolute atomic E-state index is 11.1. The molecule has 0 aliphatic carbocycles. The van der Waals surface area contributed by atoms with Gasteiger partial charge in [0.25, 0.3) is 10.1 Å². The summed E-state index contributed by atoms with van der Waals surface area (Å²) in [5, 5.41) is 11.1. The molecule has 5 nitrogen and oxygen atoms in total. The van der Waals surface area contributed by atoms with E-state index in [0.29, 0.717) is 0 Å². The molecular weight excluding hydrogens is 206 g/mol. The highest BCUT2D eigenvalue weighted by Crippen LogP contribution is 2.12. The number of hydrogen-bond acceptors (Lipinski definition) is 4. The van der Waals surface area contributed by atoms with Gasteiger partial charge in [-0.3, -0.25) is 9.55 Å². The van der Waals surface area contributed by atoms with Gasteiger partial charge in [0.05, 0.1) is 11.3 Å². The van der Waals surface area contributed by atoms with Crippen molar-refractivity contribution in [2.75, 3.05) is 5.75 Å². The lowest BCUT2D eigenvalue weighted by Crippen LogP contribution is -2.32. The van der Waals surface area contributed by atoms with Gasteiger partial charge in [0.15, 0.2) is 0 Å². The maximum Gasteiger partial charge on any atom is 0.267 e. The summed E-state index contributed by atoms with van der Waals surface area (Å²) in [5.74, 6) is -1.14. The molecule has 0 aromatic rings. The molecule has 0 atom stereocenters. The Morgan fingerprint density at radius 3 is 2.29 bits per heavy atom. The van der Waals surface area contributed by atoms with E-state index in [1.54, 1.807) is 0 Å². The molecule has 1 N–H and O–H groups in total. The van der Waals surface area contributed by atoms with Crippen LogP contribution in [0.25, 0.3) is 0 Å². The zero-order valence-electron chi connectivity index (χ0n) is 8.44. The van der Waals surface area contributed by atoms with Gasteiger partial charge in [-0.25, -0.2) is 0 Å². The highest BCUT2D eigenvalue weighted by atomic mass is 32.2.